The third-order valence-corrected chi connectivity index (χ3v) is 3.02. The summed E-state index contributed by atoms with van der Waals surface area (Å²) in [4.78, 5) is 0. The summed E-state index contributed by atoms with van der Waals surface area (Å²) in [5.74, 6) is 0. The summed E-state index contributed by atoms with van der Waals surface area (Å²) in [5, 5.41) is 18.6. The van der Waals surface area contributed by atoms with E-state index in [1.54, 1.807) is 6.08 Å². The maximum Gasteiger partial charge on any atom is 0.0782 e. The van der Waals surface area contributed by atoms with E-state index in [9.17, 15) is 5.11 Å². The van der Waals surface area contributed by atoms with E-state index < -0.39 is 6.10 Å². The van der Waals surface area contributed by atoms with Crippen LogP contribution in [0.1, 0.15) is 31.2 Å². The lowest BCUT2D eigenvalue weighted by Gasteiger charge is -2.18. The molecule has 0 saturated heterocycles. The second-order valence-electron chi connectivity index (χ2n) is 4.68. The minimum Gasteiger partial charge on any atom is -0.396 e. The van der Waals surface area contributed by atoms with Crippen molar-refractivity contribution in [3.63, 3.8) is 0 Å². The monoisotopic (exact) mass is 264 g/mol. The Morgan fingerprint density at radius 2 is 1.95 bits per heavy atom. The van der Waals surface area contributed by atoms with Gasteiger partial charge in [0.2, 0.25) is 0 Å². The van der Waals surface area contributed by atoms with E-state index in [1.165, 1.54) is 0 Å². The predicted octanol–water partition coefficient (Wildman–Crippen LogP) is 2.67. The molecular weight excluding hydrogens is 240 g/mol. The third-order valence-electron chi connectivity index (χ3n) is 3.02. The number of unbranched alkanes of at least 4 members (excludes halogenated alkanes) is 1. The largest absolute Gasteiger partial charge is 0.396 e. The lowest BCUT2D eigenvalue weighted by molar-refractivity contribution is 0.0278. The summed E-state index contributed by atoms with van der Waals surface area (Å²) in [6, 6.07) is 9.95. The smallest absolute Gasteiger partial charge is 0.0782 e. The Morgan fingerprint density at radius 1 is 1.21 bits per heavy atom. The van der Waals surface area contributed by atoms with E-state index in [0.717, 1.165) is 18.4 Å². The lowest BCUT2D eigenvalue weighted by Crippen LogP contribution is -2.19. The van der Waals surface area contributed by atoms with Crippen molar-refractivity contribution in [1.82, 2.24) is 0 Å². The summed E-state index contributed by atoms with van der Waals surface area (Å²) in [7, 11) is 0. The van der Waals surface area contributed by atoms with Crippen LogP contribution in [0.15, 0.2) is 43.0 Å². The maximum absolute atomic E-state index is 9.87. The molecule has 0 aliphatic rings. The van der Waals surface area contributed by atoms with Crippen LogP contribution in [0.2, 0.25) is 0 Å². The number of hydrogen-bond acceptors (Lipinski definition) is 3. The maximum atomic E-state index is 9.87. The summed E-state index contributed by atoms with van der Waals surface area (Å²) < 4.78 is 5.73. The second-order valence-corrected chi connectivity index (χ2v) is 4.68. The number of benzene rings is 1. The quantitative estimate of drug-likeness (QED) is 0.504. The SMILES string of the molecule is C=C[C@@H](C[C@H](O)CCCCO)OCc1ccccc1. The van der Waals surface area contributed by atoms with Gasteiger partial charge in [0.15, 0.2) is 0 Å². The number of aliphatic hydroxyl groups excluding tert-OH is 2. The fourth-order valence-corrected chi connectivity index (χ4v) is 1.89. The molecule has 106 valence electrons. The van der Waals surface area contributed by atoms with Crippen LogP contribution < -0.4 is 0 Å². The van der Waals surface area contributed by atoms with Crippen molar-refractivity contribution >= 4 is 0 Å². The van der Waals surface area contributed by atoms with Crippen molar-refractivity contribution < 1.29 is 14.9 Å². The molecule has 0 fully saturated rings. The second kappa shape index (κ2) is 9.73. The molecule has 19 heavy (non-hydrogen) atoms. The molecule has 3 heteroatoms. The highest BCUT2D eigenvalue weighted by molar-refractivity contribution is 5.13. The van der Waals surface area contributed by atoms with Gasteiger partial charge >= 0.3 is 0 Å². The van der Waals surface area contributed by atoms with E-state index in [0.29, 0.717) is 19.4 Å². The zero-order valence-corrected chi connectivity index (χ0v) is 11.4. The molecule has 1 rings (SSSR count). The highest BCUT2D eigenvalue weighted by Crippen LogP contribution is 2.12. The van der Waals surface area contributed by atoms with Gasteiger partial charge in [-0.3, -0.25) is 0 Å². The molecular formula is C16H24O3. The molecule has 2 atom stereocenters. The van der Waals surface area contributed by atoms with Gasteiger partial charge in [0.05, 0.1) is 18.8 Å². The van der Waals surface area contributed by atoms with Crippen molar-refractivity contribution in [2.75, 3.05) is 6.61 Å². The van der Waals surface area contributed by atoms with Gasteiger partial charge in [-0.25, -0.2) is 0 Å². The molecule has 0 aliphatic heterocycles. The highest BCUT2D eigenvalue weighted by atomic mass is 16.5. The molecule has 0 unspecified atom stereocenters. The van der Waals surface area contributed by atoms with Crippen molar-refractivity contribution in [3.05, 3.63) is 48.6 Å². The first-order valence-electron chi connectivity index (χ1n) is 6.83. The van der Waals surface area contributed by atoms with Crippen molar-refractivity contribution in [3.8, 4) is 0 Å². The zero-order chi connectivity index (χ0) is 13.9. The molecule has 0 spiro atoms. The fraction of sp³-hybridized carbons (Fsp3) is 0.500. The van der Waals surface area contributed by atoms with Crippen molar-refractivity contribution in [1.29, 1.82) is 0 Å². The summed E-state index contributed by atoms with van der Waals surface area (Å²) in [5.41, 5.74) is 1.11. The Balaban J connectivity index is 2.27. The molecule has 0 saturated carbocycles. The first-order chi connectivity index (χ1) is 9.26. The van der Waals surface area contributed by atoms with Gasteiger partial charge < -0.3 is 14.9 Å². The highest BCUT2D eigenvalue weighted by Gasteiger charge is 2.12. The average molecular weight is 264 g/mol. The molecule has 0 bridgehead atoms. The average Bonchev–Trinajstić information content (AvgIpc) is 2.45. The minimum atomic E-state index is -0.398. The molecule has 0 radical (unpaired) electrons. The van der Waals surface area contributed by atoms with E-state index in [4.69, 9.17) is 9.84 Å². The number of aliphatic hydroxyl groups is 2. The van der Waals surface area contributed by atoms with Crippen LogP contribution in [0.5, 0.6) is 0 Å². The molecule has 0 aromatic heterocycles. The molecule has 0 heterocycles. The van der Waals surface area contributed by atoms with Crippen LogP contribution in [0.25, 0.3) is 0 Å². The van der Waals surface area contributed by atoms with Gasteiger partial charge in [-0.2, -0.15) is 0 Å². The first-order valence-corrected chi connectivity index (χ1v) is 6.83. The lowest BCUT2D eigenvalue weighted by atomic mass is 10.1. The third kappa shape index (κ3) is 7.11. The Labute approximate surface area is 115 Å². The van der Waals surface area contributed by atoms with Crippen molar-refractivity contribution in [2.45, 2.75) is 44.5 Å². The van der Waals surface area contributed by atoms with Gasteiger partial charge in [-0.1, -0.05) is 36.4 Å². The van der Waals surface area contributed by atoms with E-state index in [2.05, 4.69) is 6.58 Å². The van der Waals surface area contributed by atoms with Crippen LogP contribution in [0.3, 0.4) is 0 Å². The Hall–Kier alpha value is -1.16. The number of ether oxygens (including phenoxy) is 1. The molecule has 1 aromatic rings. The zero-order valence-electron chi connectivity index (χ0n) is 11.4. The molecule has 1 aromatic carbocycles. The van der Waals surface area contributed by atoms with Gasteiger partial charge in [-0.15, -0.1) is 6.58 Å². The Kier molecular flexibility index (Phi) is 8.14. The fourth-order valence-electron chi connectivity index (χ4n) is 1.89. The van der Waals surface area contributed by atoms with Crippen LogP contribution in [-0.2, 0) is 11.3 Å². The topological polar surface area (TPSA) is 49.7 Å². The van der Waals surface area contributed by atoms with Gasteiger partial charge in [-0.05, 0) is 24.8 Å². The predicted molar refractivity (Wildman–Crippen MR) is 76.8 cm³/mol. The van der Waals surface area contributed by atoms with E-state index in [-0.39, 0.29) is 12.7 Å². The van der Waals surface area contributed by atoms with E-state index in [1.807, 2.05) is 30.3 Å². The molecule has 0 aliphatic carbocycles. The van der Waals surface area contributed by atoms with Gasteiger partial charge in [0, 0.05) is 13.0 Å². The van der Waals surface area contributed by atoms with Crippen molar-refractivity contribution in [2.24, 2.45) is 0 Å². The summed E-state index contributed by atoms with van der Waals surface area (Å²) in [6.07, 6.45) is 4.02. The van der Waals surface area contributed by atoms with Crippen LogP contribution >= 0.6 is 0 Å². The van der Waals surface area contributed by atoms with E-state index >= 15 is 0 Å². The minimum absolute atomic E-state index is 0.135. The Morgan fingerprint density at radius 3 is 2.58 bits per heavy atom. The first kappa shape index (κ1) is 15.9. The summed E-state index contributed by atoms with van der Waals surface area (Å²) in [6.45, 7) is 4.46. The Bertz CT molecular complexity index is 337. The summed E-state index contributed by atoms with van der Waals surface area (Å²) >= 11 is 0. The molecule has 3 nitrogen and oxygen atoms in total. The van der Waals surface area contributed by atoms with Gasteiger partial charge in [0.25, 0.3) is 0 Å². The number of rotatable bonds is 10. The standard InChI is InChI=1S/C16H24O3/c1-2-16(12-15(18)10-6-7-11-17)19-13-14-8-4-3-5-9-14/h2-5,8-9,15-18H,1,6-7,10-13H2/t15-,16+/m1/s1. The van der Waals surface area contributed by atoms with Crippen LogP contribution in [0.4, 0.5) is 0 Å². The normalized spacial score (nSPS) is 14.0. The van der Waals surface area contributed by atoms with Crippen LogP contribution in [0, 0.1) is 0 Å². The van der Waals surface area contributed by atoms with Crippen LogP contribution in [-0.4, -0.2) is 29.0 Å². The molecule has 0 amide bonds. The molecule has 2 N–H and O–H groups in total. The number of hydrogen-bond donors (Lipinski definition) is 2. The van der Waals surface area contributed by atoms with Gasteiger partial charge in [0.1, 0.15) is 0 Å².